The average molecular weight is 334 g/mol. The van der Waals surface area contributed by atoms with Crippen LogP contribution in [-0.4, -0.2) is 57.3 Å². The van der Waals surface area contributed by atoms with Gasteiger partial charge in [0.2, 0.25) is 5.91 Å². The molecule has 0 radical (unpaired) electrons. The van der Waals surface area contributed by atoms with Crippen LogP contribution in [-0.2, 0) is 29.2 Å². The normalized spacial score (nSPS) is 15.4. The number of halogens is 1. The van der Waals surface area contributed by atoms with Gasteiger partial charge in [-0.3, -0.25) is 9.69 Å². The van der Waals surface area contributed by atoms with E-state index in [2.05, 4.69) is 25.7 Å². The fourth-order valence-corrected chi connectivity index (χ4v) is 2.46. The van der Waals surface area contributed by atoms with Gasteiger partial charge in [0.05, 0.1) is 19.8 Å². The number of carbonyl (C=O) groups excluding carboxylic acids is 1. The predicted octanol–water partition coefficient (Wildman–Crippen LogP) is -0.0392. The highest BCUT2D eigenvalue weighted by atomic mass is 19.1. The molecule has 2 aromatic rings. The van der Waals surface area contributed by atoms with Crippen LogP contribution in [0.4, 0.5) is 4.39 Å². The van der Waals surface area contributed by atoms with Crippen molar-refractivity contribution >= 4 is 5.91 Å². The maximum absolute atomic E-state index is 13.1. The van der Waals surface area contributed by atoms with E-state index in [0.717, 1.165) is 13.1 Å². The summed E-state index contributed by atoms with van der Waals surface area (Å²) < 4.78 is 19.9. The van der Waals surface area contributed by atoms with Crippen LogP contribution < -0.4 is 5.32 Å². The van der Waals surface area contributed by atoms with Gasteiger partial charge < -0.3 is 10.1 Å². The molecule has 0 atom stereocenters. The summed E-state index contributed by atoms with van der Waals surface area (Å²) in [6.45, 7) is 3.88. The number of amides is 1. The molecule has 0 saturated carbocycles. The minimum Gasteiger partial charge on any atom is -0.379 e. The third kappa shape index (κ3) is 4.56. The van der Waals surface area contributed by atoms with Gasteiger partial charge in [-0.1, -0.05) is 12.1 Å². The summed E-state index contributed by atoms with van der Waals surface area (Å²) in [5.41, 5.74) is 0.702. The van der Waals surface area contributed by atoms with Gasteiger partial charge in [0.25, 0.3) is 0 Å². The molecule has 1 aliphatic rings. The molecule has 1 saturated heterocycles. The lowest BCUT2D eigenvalue weighted by Crippen LogP contribution is -2.37. The molecule has 1 aliphatic heterocycles. The Hall–Kier alpha value is -2.39. The van der Waals surface area contributed by atoms with Crippen LogP contribution in [0.3, 0.4) is 0 Å². The Morgan fingerprint density at radius 3 is 2.96 bits per heavy atom. The summed E-state index contributed by atoms with van der Waals surface area (Å²) >= 11 is 0. The quantitative estimate of drug-likeness (QED) is 0.798. The van der Waals surface area contributed by atoms with Crippen LogP contribution in [0.2, 0.25) is 0 Å². The predicted molar refractivity (Wildman–Crippen MR) is 82.2 cm³/mol. The molecule has 9 heteroatoms. The zero-order chi connectivity index (χ0) is 16.8. The summed E-state index contributed by atoms with van der Waals surface area (Å²) in [4.78, 5) is 14.2. The standard InChI is InChI=1S/C15H19FN6O2/c16-13-3-1-2-12(8-13)9-17-15(23)11-22-14(18-19-20-22)10-21-4-6-24-7-5-21/h1-3,8H,4-7,9-11H2,(H,17,23). The molecule has 24 heavy (non-hydrogen) atoms. The van der Waals surface area contributed by atoms with E-state index in [-0.39, 0.29) is 24.8 Å². The minimum atomic E-state index is -0.324. The van der Waals surface area contributed by atoms with Crippen LogP contribution in [0, 0.1) is 5.82 Å². The molecule has 1 amide bonds. The van der Waals surface area contributed by atoms with Gasteiger partial charge >= 0.3 is 0 Å². The number of nitrogens with zero attached hydrogens (tertiary/aromatic N) is 5. The Labute approximate surface area is 138 Å². The van der Waals surface area contributed by atoms with Crippen LogP contribution in [0.15, 0.2) is 24.3 Å². The van der Waals surface area contributed by atoms with Crippen LogP contribution in [0.1, 0.15) is 11.4 Å². The molecule has 1 N–H and O–H groups in total. The fourth-order valence-electron chi connectivity index (χ4n) is 2.46. The molecule has 3 rings (SSSR count). The summed E-state index contributed by atoms with van der Waals surface area (Å²) in [7, 11) is 0. The number of hydrogen-bond donors (Lipinski definition) is 1. The summed E-state index contributed by atoms with van der Waals surface area (Å²) in [5, 5.41) is 14.2. The SMILES string of the molecule is O=C(Cn1nnnc1CN1CCOCC1)NCc1cccc(F)c1. The van der Waals surface area contributed by atoms with Gasteiger partial charge in [-0.2, -0.15) is 0 Å². The molecule has 1 fully saturated rings. The Morgan fingerprint density at radius 2 is 2.17 bits per heavy atom. The number of morpholine rings is 1. The van der Waals surface area contributed by atoms with Crippen molar-refractivity contribution < 1.29 is 13.9 Å². The van der Waals surface area contributed by atoms with Crippen molar-refractivity contribution in [3.8, 4) is 0 Å². The molecular formula is C15H19FN6O2. The second kappa shape index (κ2) is 7.93. The first-order chi connectivity index (χ1) is 11.7. The molecule has 1 aromatic carbocycles. The topological polar surface area (TPSA) is 85.2 Å². The Bertz CT molecular complexity index is 686. The van der Waals surface area contributed by atoms with E-state index in [1.807, 2.05) is 0 Å². The Kier molecular flexibility index (Phi) is 5.44. The van der Waals surface area contributed by atoms with Crippen molar-refractivity contribution in [2.24, 2.45) is 0 Å². The molecule has 0 spiro atoms. The maximum atomic E-state index is 13.1. The van der Waals surface area contributed by atoms with Gasteiger partial charge in [0, 0.05) is 19.6 Å². The highest BCUT2D eigenvalue weighted by Gasteiger charge is 2.16. The molecule has 8 nitrogen and oxygen atoms in total. The number of benzene rings is 1. The van der Waals surface area contributed by atoms with E-state index >= 15 is 0 Å². The smallest absolute Gasteiger partial charge is 0.242 e. The molecule has 2 heterocycles. The van der Waals surface area contributed by atoms with Crippen molar-refractivity contribution in [3.05, 3.63) is 41.5 Å². The minimum absolute atomic E-state index is 0.0298. The molecule has 0 bridgehead atoms. The van der Waals surface area contributed by atoms with Gasteiger partial charge in [-0.05, 0) is 28.1 Å². The molecule has 0 aliphatic carbocycles. The third-order valence-electron chi connectivity index (χ3n) is 3.75. The second-order valence-electron chi connectivity index (χ2n) is 5.55. The van der Waals surface area contributed by atoms with Crippen molar-refractivity contribution in [3.63, 3.8) is 0 Å². The van der Waals surface area contributed by atoms with E-state index in [1.54, 1.807) is 12.1 Å². The number of tetrazole rings is 1. The van der Waals surface area contributed by atoms with Gasteiger partial charge in [0.15, 0.2) is 5.82 Å². The van der Waals surface area contributed by atoms with Crippen molar-refractivity contribution in [1.82, 2.24) is 30.4 Å². The highest BCUT2D eigenvalue weighted by molar-refractivity contribution is 5.75. The molecule has 0 unspecified atom stereocenters. The molecule has 1 aromatic heterocycles. The number of aromatic nitrogens is 4. The zero-order valence-corrected chi connectivity index (χ0v) is 13.2. The highest BCUT2D eigenvalue weighted by Crippen LogP contribution is 2.05. The van der Waals surface area contributed by atoms with E-state index < -0.39 is 0 Å². The van der Waals surface area contributed by atoms with Crippen LogP contribution in [0.25, 0.3) is 0 Å². The van der Waals surface area contributed by atoms with E-state index in [1.165, 1.54) is 16.8 Å². The number of nitrogens with one attached hydrogen (secondary N) is 1. The average Bonchev–Trinajstić information content (AvgIpc) is 3.01. The number of carbonyl (C=O) groups is 1. The van der Waals surface area contributed by atoms with Gasteiger partial charge in [0.1, 0.15) is 12.4 Å². The maximum Gasteiger partial charge on any atom is 0.242 e. The molecular weight excluding hydrogens is 315 g/mol. The van der Waals surface area contributed by atoms with Gasteiger partial charge in [-0.15, -0.1) is 5.10 Å². The Morgan fingerprint density at radius 1 is 1.33 bits per heavy atom. The van der Waals surface area contributed by atoms with E-state index in [9.17, 15) is 9.18 Å². The lowest BCUT2D eigenvalue weighted by molar-refractivity contribution is -0.122. The molecule has 128 valence electrons. The zero-order valence-electron chi connectivity index (χ0n) is 13.2. The Balaban J connectivity index is 1.52. The van der Waals surface area contributed by atoms with Crippen molar-refractivity contribution in [1.29, 1.82) is 0 Å². The monoisotopic (exact) mass is 334 g/mol. The van der Waals surface area contributed by atoms with Gasteiger partial charge in [-0.25, -0.2) is 9.07 Å². The summed E-state index contributed by atoms with van der Waals surface area (Å²) in [5.74, 6) is 0.0858. The summed E-state index contributed by atoms with van der Waals surface area (Å²) in [6.07, 6.45) is 0. The van der Waals surface area contributed by atoms with Crippen molar-refractivity contribution in [2.75, 3.05) is 26.3 Å². The lowest BCUT2D eigenvalue weighted by Gasteiger charge is -2.25. The van der Waals surface area contributed by atoms with E-state index in [0.29, 0.717) is 31.1 Å². The first-order valence-corrected chi connectivity index (χ1v) is 7.77. The second-order valence-corrected chi connectivity index (χ2v) is 5.55. The largest absolute Gasteiger partial charge is 0.379 e. The number of hydrogen-bond acceptors (Lipinski definition) is 6. The number of rotatable bonds is 6. The first kappa shape index (κ1) is 16.5. The van der Waals surface area contributed by atoms with Crippen LogP contribution in [0.5, 0.6) is 0 Å². The third-order valence-corrected chi connectivity index (χ3v) is 3.75. The van der Waals surface area contributed by atoms with Crippen molar-refractivity contribution in [2.45, 2.75) is 19.6 Å². The van der Waals surface area contributed by atoms with Crippen LogP contribution >= 0.6 is 0 Å². The van der Waals surface area contributed by atoms with E-state index in [4.69, 9.17) is 4.74 Å². The first-order valence-electron chi connectivity index (χ1n) is 7.77. The fraction of sp³-hybridized carbons (Fsp3) is 0.467. The summed E-state index contributed by atoms with van der Waals surface area (Å²) in [6, 6.07) is 6.12. The number of ether oxygens (including phenoxy) is 1. The lowest BCUT2D eigenvalue weighted by atomic mass is 10.2.